The van der Waals surface area contributed by atoms with Crippen LogP contribution >= 0.6 is 11.8 Å². The summed E-state index contributed by atoms with van der Waals surface area (Å²) in [5.74, 6) is 0.845. The summed E-state index contributed by atoms with van der Waals surface area (Å²) < 4.78 is 0. The van der Waals surface area contributed by atoms with E-state index in [0.29, 0.717) is 0 Å². The van der Waals surface area contributed by atoms with Crippen molar-refractivity contribution in [2.45, 2.75) is 32.6 Å². The number of carbonyl (C=O) groups excluding carboxylic acids is 1. The maximum atomic E-state index is 11.8. The van der Waals surface area contributed by atoms with Crippen molar-refractivity contribution in [2.75, 3.05) is 18.8 Å². The summed E-state index contributed by atoms with van der Waals surface area (Å²) in [6.07, 6.45) is 7.77. The lowest BCUT2D eigenvalue weighted by Gasteiger charge is -2.21. The molecule has 0 aromatic rings. The average molecular weight is 241 g/mol. The largest absolute Gasteiger partial charge is 0.334 e. The number of hydrogen-bond donors (Lipinski definition) is 0. The van der Waals surface area contributed by atoms with Gasteiger partial charge in [0.05, 0.1) is 0 Å². The Labute approximate surface area is 104 Å². The molecule has 1 amide bonds. The van der Waals surface area contributed by atoms with Crippen LogP contribution in [0.25, 0.3) is 0 Å². The summed E-state index contributed by atoms with van der Waals surface area (Å²) in [5, 5.41) is 0.204. The zero-order chi connectivity index (χ0) is 12.2. The van der Waals surface area contributed by atoms with Crippen molar-refractivity contribution in [3.63, 3.8) is 0 Å². The fourth-order valence-corrected chi connectivity index (χ4v) is 1.97. The van der Waals surface area contributed by atoms with Crippen molar-refractivity contribution in [1.29, 1.82) is 0 Å². The Morgan fingerprint density at radius 1 is 1.19 bits per heavy atom. The van der Waals surface area contributed by atoms with Gasteiger partial charge in [-0.05, 0) is 31.4 Å². The third kappa shape index (κ3) is 7.57. The van der Waals surface area contributed by atoms with E-state index in [0.717, 1.165) is 44.5 Å². The number of carbonyl (C=O) groups is 1. The molecule has 92 valence electrons. The Morgan fingerprint density at radius 3 is 2.06 bits per heavy atom. The van der Waals surface area contributed by atoms with E-state index in [4.69, 9.17) is 0 Å². The van der Waals surface area contributed by atoms with Crippen LogP contribution in [-0.4, -0.2) is 29.0 Å². The second-order valence-electron chi connectivity index (χ2n) is 3.55. The molecule has 0 aliphatic carbocycles. The van der Waals surface area contributed by atoms with Crippen LogP contribution in [0.5, 0.6) is 0 Å². The lowest BCUT2D eigenvalue weighted by Crippen LogP contribution is -2.29. The van der Waals surface area contributed by atoms with Gasteiger partial charge in [0, 0.05) is 13.1 Å². The van der Waals surface area contributed by atoms with Crippen LogP contribution in [0.15, 0.2) is 25.3 Å². The Bertz CT molecular complexity index is 202. The van der Waals surface area contributed by atoms with E-state index in [9.17, 15) is 4.79 Å². The van der Waals surface area contributed by atoms with Gasteiger partial charge in [0.2, 0.25) is 0 Å². The third-order valence-electron chi connectivity index (χ3n) is 2.20. The first kappa shape index (κ1) is 15.3. The fourth-order valence-electron chi connectivity index (χ4n) is 1.36. The SMILES string of the molecule is C=CCCCN(CCCC=C)C(=O)SCC. The van der Waals surface area contributed by atoms with E-state index >= 15 is 0 Å². The number of allylic oxidation sites excluding steroid dienone is 2. The minimum atomic E-state index is 0.204. The van der Waals surface area contributed by atoms with Crippen molar-refractivity contribution in [3.05, 3.63) is 25.3 Å². The van der Waals surface area contributed by atoms with Gasteiger partial charge in [-0.1, -0.05) is 30.8 Å². The molecule has 3 heteroatoms. The van der Waals surface area contributed by atoms with Crippen molar-refractivity contribution in [3.8, 4) is 0 Å². The van der Waals surface area contributed by atoms with Gasteiger partial charge in [-0.3, -0.25) is 4.79 Å². The maximum Gasteiger partial charge on any atom is 0.281 e. The first-order valence-electron chi connectivity index (χ1n) is 5.89. The monoisotopic (exact) mass is 241 g/mol. The van der Waals surface area contributed by atoms with Crippen LogP contribution < -0.4 is 0 Å². The van der Waals surface area contributed by atoms with Gasteiger partial charge in [-0.2, -0.15) is 0 Å². The predicted octanol–water partition coefficient (Wildman–Crippen LogP) is 4.09. The molecule has 0 radical (unpaired) electrons. The van der Waals surface area contributed by atoms with Crippen LogP contribution in [0.4, 0.5) is 4.79 Å². The molecule has 0 aliphatic heterocycles. The highest BCUT2D eigenvalue weighted by atomic mass is 32.2. The second-order valence-corrected chi connectivity index (χ2v) is 4.76. The van der Waals surface area contributed by atoms with Crippen molar-refractivity contribution in [2.24, 2.45) is 0 Å². The Balaban J connectivity index is 3.98. The molecule has 0 saturated heterocycles. The molecule has 0 N–H and O–H groups in total. The molecule has 0 heterocycles. The van der Waals surface area contributed by atoms with Gasteiger partial charge in [0.25, 0.3) is 5.24 Å². The van der Waals surface area contributed by atoms with Crippen molar-refractivity contribution < 1.29 is 4.79 Å². The molecule has 0 spiro atoms. The van der Waals surface area contributed by atoms with E-state index in [2.05, 4.69) is 13.2 Å². The summed E-state index contributed by atoms with van der Waals surface area (Å²) in [5.41, 5.74) is 0. The molecule has 0 bridgehead atoms. The quantitative estimate of drug-likeness (QED) is 0.447. The number of thioether (sulfide) groups is 1. The first-order chi connectivity index (χ1) is 7.76. The summed E-state index contributed by atoms with van der Waals surface area (Å²) >= 11 is 1.39. The van der Waals surface area contributed by atoms with Crippen LogP contribution in [0.1, 0.15) is 32.6 Å². The topological polar surface area (TPSA) is 20.3 Å². The van der Waals surface area contributed by atoms with E-state index in [1.807, 2.05) is 24.0 Å². The zero-order valence-electron chi connectivity index (χ0n) is 10.3. The van der Waals surface area contributed by atoms with Gasteiger partial charge in [0.1, 0.15) is 0 Å². The van der Waals surface area contributed by atoms with Crippen LogP contribution in [-0.2, 0) is 0 Å². The number of unbranched alkanes of at least 4 members (excludes halogenated alkanes) is 2. The Morgan fingerprint density at radius 2 is 1.69 bits per heavy atom. The molecule has 0 aromatic carbocycles. The lowest BCUT2D eigenvalue weighted by atomic mass is 10.2. The van der Waals surface area contributed by atoms with Crippen LogP contribution in [0.3, 0.4) is 0 Å². The highest BCUT2D eigenvalue weighted by Gasteiger charge is 2.11. The van der Waals surface area contributed by atoms with E-state index in [1.165, 1.54) is 11.8 Å². The molecule has 2 nitrogen and oxygen atoms in total. The van der Waals surface area contributed by atoms with Gasteiger partial charge >= 0.3 is 0 Å². The minimum Gasteiger partial charge on any atom is -0.334 e. The van der Waals surface area contributed by atoms with E-state index < -0.39 is 0 Å². The molecule has 0 fully saturated rings. The number of rotatable bonds is 9. The van der Waals surface area contributed by atoms with Crippen LogP contribution in [0, 0.1) is 0 Å². The number of amides is 1. The fraction of sp³-hybridized carbons (Fsp3) is 0.615. The van der Waals surface area contributed by atoms with Gasteiger partial charge in [0.15, 0.2) is 0 Å². The minimum absolute atomic E-state index is 0.204. The number of hydrogen-bond acceptors (Lipinski definition) is 2. The van der Waals surface area contributed by atoms with Crippen molar-refractivity contribution >= 4 is 17.0 Å². The normalized spacial score (nSPS) is 9.81. The van der Waals surface area contributed by atoms with E-state index in [-0.39, 0.29) is 5.24 Å². The molecule has 0 aliphatic rings. The molecule has 0 unspecified atom stereocenters. The van der Waals surface area contributed by atoms with E-state index in [1.54, 1.807) is 0 Å². The zero-order valence-corrected chi connectivity index (χ0v) is 11.1. The summed E-state index contributed by atoms with van der Waals surface area (Å²) in [7, 11) is 0. The van der Waals surface area contributed by atoms with Crippen LogP contribution in [0.2, 0.25) is 0 Å². The smallest absolute Gasteiger partial charge is 0.281 e. The Hall–Kier alpha value is -0.700. The molecule has 0 atom stereocenters. The second kappa shape index (κ2) is 10.8. The summed E-state index contributed by atoms with van der Waals surface area (Å²) in [6, 6.07) is 0. The predicted molar refractivity (Wildman–Crippen MR) is 74.0 cm³/mol. The average Bonchev–Trinajstić information content (AvgIpc) is 2.28. The molecule has 16 heavy (non-hydrogen) atoms. The highest BCUT2D eigenvalue weighted by Crippen LogP contribution is 2.11. The number of nitrogens with zero attached hydrogens (tertiary/aromatic N) is 1. The van der Waals surface area contributed by atoms with Gasteiger partial charge < -0.3 is 4.90 Å². The molecule has 0 aromatic heterocycles. The highest BCUT2D eigenvalue weighted by molar-refractivity contribution is 8.13. The van der Waals surface area contributed by atoms with Crippen molar-refractivity contribution in [1.82, 2.24) is 4.90 Å². The Kier molecular flexibility index (Phi) is 10.3. The van der Waals surface area contributed by atoms with Gasteiger partial charge in [-0.25, -0.2) is 0 Å². The third-order valence-corrected chi connectivity index (χ3v) is 2.99. The summed E-state index contributed by atoms with van der Waals surface area (Å²) in [4.78, 5) is 13.7. The summed E-state index contributed by atoms with van der Waals surface area (Å²) in [6.45, 7) is 11.1. The first-order valence-corrected chi connectivity index (χ1v) is 6.88. The standard InChI is InChI=1S/C13H23NOS/c1-4-7-9-11-14(12-10-8-5-2)13(15)16-6-3/h4-5H,1-2,6-12H2,3H3. The molecular formula is C13H23NOS. The van der Waals surface area contributed by atoms with Gasteiger partial charge in [-0.15, -0.1) is 13.2 Å². The molecule has 0 saturated carbocycles. The lowest BCUT2D eigenvalue weighted by molar-refractivity contribution is 0.222. The molecular weight excluding hydrogens is 218 g/mol. The molecule has 0 rings (SSSR count). The maximum absolute atomic E-state index is 11.8.